The summed E-state index contributed by atoms with van der Waals surface area (Å²) in [5, 5.41) is 12.5. The lowest BCUT2D eigenvalue weighted by Crippen LogP contribution is -2.26. The van der Waals surface area contributed by atoms with E-state index in [2.05, 4.69) is 16.1 Å². The van der Waals surface area contributed by atoms with Gasteiger partial charge in [0.15, 0.2) is 0 Å². The van der Waals surface area contributed by atoms with Crippen molar-refractivity contribution >= 4 is 15.7 Å². The lowest BCUT2D eigenvalue weighted by molar-refractivity contribution is 0.395. The molecule has 0 heterocycles. The van der Waals surface area contributed by atoms with Gasteiger partial charge in [-0.3, -0.25) is 0 Å². The number of sulfonamides is 1. The summed E-state index contributed by atoms with van der Waals surface area (Å²) in [7, 11) is -3.16. The zero-order valence-electron chi connectivity index (χ0n) is 12.2. The Balaban J connectivity index is 1.89. The first-order valence-electron chi connectivity index (χ1n) is 7.16. The third-order valence-electron chi connectivity index (χ3n) is 3.72. The maximum Gasteiger partial charge on any atom is 0.209 e. The number of benzene rings is 1. The minimum Gasteiger partial charge on any atom is -0.382 e. The molecule has 2 N–H and O–H groups in total. The molecule has 6 heteroatoms. The van der Waals surface area contributed by atoms with Crippen molar-refractivity contribution in [2.75, 3.05) is 11.6 Å². The van der Waals surface area contributed by atoms with Crippen LogP contribution in [-0.4, -0.2) is 20.7 Å². The second kappa shape index (κ2) is 6.92. The van der Waals surface area contributed by atoms with Crippen LogP contribution in [0.1, 0.15) is 31.2 Å². The zero-order chi connectivity index (χ0) is 15.3. The lowest BCUT2D eigenvalue weighted by Gasteiger charge is -2.27. The second-order valence-electron chi connectivity index (χ2n) is 5.62. The predicted molar refractivity (Wildman–Crippen MR) is 83.1 cm³/mol. The molecule has 1 aromatic rings. The number of rotatable bonds is 5. The van der Waals surface area contributed by atoms with Gasteiger partial charge in [0.2, 0.25) is 10.0 Å². The molecule has 1 aliphatic carbocycles. The van der Waals surface area contributed by atoms with Crippen LogP contribution in [0.3, 0.4) is 0 Å². The third kappa shape index (κ3) is 5.37. The van der Waals surface area contributed by atoms with Crippen molar-refractivity contribution in [3.05, 3.63) is 29.8 Å². The monoisotopic (exact) mass is 307 g/mol. The number of hydrogen-bond acceptors (Lipinski definition) is 4. The van der Waals surface area contributed by atoms with Gasteiger partial charge in [-0.1, -0.05) is 18.6 Å². The molecule has 114 valence electrons. The van der Waals surface area contributed by atoms with Crippen LogP contribution in [0.2, 0.25) is 0 Å². The molecule has 2 rings (SSSR count). The van der Waals surface area contributed by atoms with Crippen LogP contribution in [0.5, 0.6) is 0 Å². The minimum absolute atomic E-state index is 0.162. The van der Waals surface area contributed by atoms with Gasteiger partial charge in [0, 0.05) is 24.2 Å². The highest BCUT2D eigenvalue weighted by atomic mass is 32.2. The van der Waals surface area contributed by atoms with Crippen molar-refractivity contribution < 1.29 is 8.42 Å². The van der Waals surface area contributed by atoms with Gasteiger partial charge in [0.05, 0.1) is 12.3 Å². The molecule has 1 aromatic carbocycles. The van der Waals surface area contributed by atoms with Crippen LogP contribution in [0.25, 0.3) is 0 Å². The van der Waals surface area contributed by atoms with Crippen molar-refractivity contribution in [1.82, 2.24) is 4.72 Å². The standard InChI is InChI=1S/C15H21N3O2S/c1-21(19,20)17-11-12-5-7-14(8-6-12)18-15-4-2-3-13(9-15)10-16/h5-8,13,15,17-18H,2-4,9,11H2,1H3/t13-,15+/m1/s1. The fourth-order valence-electron chi connectivity index (χ4n) is 2.61. The minimum atomic E-state index is -3.16. The molecule has 0 unspecified atom stereocenters. The summed E-state index contributed by atoms with van der Waals surface area (Å²) in [5.74, 6) is 0.162. The molecule has 0 aromatic heterocycles. The first-order chi connectivity index (χ1) is 9.96. The fourth-order valence-corrected chi connectivity index (χ4v) is 3.04. The summed E-state index contributed by atoms with van der Waals surface area (Å²) < 4.78 is 24.6. The molecule has 1 fully saturated rings. The van der Waals surface area contributed by atoms with Gasteiger partial charge in [0.25, 0.3) is 0 Å². The van der Waals surface area contributed by atoms with E-state index >= 15 is 0 Å². The van der Waals surface area contributed by atoms with Gasteiger partial charge in [-0.05, 0) is 37.0 Å². The van der Waals surface area contributed by atoms with E-state index in [1.807, 2.05) is 24.3 Å². The molecule has 0 bridgehead atoms. The van der Waals surface area contributed by atoms with E-state index in [9.17, 15) is 8.42 Å². The lowest BCUT2D eigenvalue weighted by atomic mass is 9.86. The Kier molecular flexibility index (Phi) is 5.21. The molecule has 1 aliphatic rings. The van der Waals surface area contributed by atoms with E-state index in [4.69, 9.17) is 5.26 Å². The van der Waals surface area contributed by atoms with Crippen LogP contribution in [0, 0.1) is 17.2 Å². The maximum atomic E-state index is 11.0. The van der Waals surface area contributed by atoms with Crippen LogP contribution in [0.15, 0.2) is 24.3 Å². The Labute approximate surface area is 126 Å². The Morgan fingerprint density at radius 2 is 2.00 bits per heavy atom. The smallest absolute Gasteiger partial charge is 0.209 e. The highest BCUT2D eigenvalue weighted by molar-refractivity contribution is 7.88. The van der Waals surface area contributed by atoms with Crippen molar-refractivity contribution in [2.45, 2.75) is 38.3 Å². The van der Waals surface area contributed by atoms with Crippen molar-refractivity contribution in [2.24, 2.45) is 5.92 Å². The van der Waals surface area contributed by atoms with Crippen molar-refractivity contribution in [1.29, 1.82) is 5.26 Å². The molecule has 0 amide bonds. The molecule has 2 atom stereocenters. The van der Waals surface area contributed by atoms with Gasteiger partial charge in [-0.2, -0.15) is 5.26 Å². The van der Waals surface area contributed by atoms with Crippen LogP contribution >= 0.6 is 0 Å². The normalized spacial score (nSPS) is 22.5. The molecule has 0 saturated heterocycles. The summed E-state index contributed by atoms with van der Waals surface area (Å²) in [6, 6.07) is 10.4. The molecular formula is C15H21N3O2S. The largest absolute Gasteiger partial charge is 0.382 e. The highest BCUT2D eigenvalue weighted by Crippen LogP contribution is 2.26. The number of nitrogens with one attached hydrogen (secondary N) is 2. The quantitative estimate of drug-likeness (QED) is 0.874. The van der Waals surface area contributed by atoms with E-state index in [1.54, 1.807) is 0 Å². The SMILES string of the molecule is CS(=O)(=O)NCc1ccc(N[C@H]2CCC[C@@H](C#N)C2)cc1. The summed E-state index contributed by atoms with van der Waals surface area (Å²) in [5.41, 5.74) is 1.94. The van der Waals surface area contributed by atoms with Gasteiger partial charge >= 0.3 is 0 Å². The van der Waals surface area contributed by atoms with Crippen LogP contribution in [0.4, 0.5) is 5.69 Å². The first kappa shape index (κ1) is 15.8. The average Bonchev–Trinajstić information content (AvgIpc) is 2.46. The molecule has 1 saturated carbocycles. The number of nitriles is 1. The molecule has 21 heavy (non-hydrogen) atoms. The number of nitrogens with zero attached hydrogens (tertiary/aromatic N) is 1. The number of hydrogen-bond donors (Lipinski definition) is 2. The van der Waals surface area contributed by atoms with Crippen LogP contribution in [-0.2, 0) is 16.6 Å². The summed E-state index contributed by atoms with van der Waals surface area (Å²) in [6.07, 6.45) is 5.23. The Morgan fingerprint density at radius 3 is 2.62 bits per heavy atom. The van der Waals surface area contributed by atoms with Gasteiger partial charge in [-0.25, -0.2) is 13.1 Å². The molecule has 0 aliphatic heterocycles. The summed E-state index contributed by atoms with van der Waals surface area (Å²) >= 11 is 0. The Bertz CT molecular complexity index is 605. The molecule has 5 nitrogen and oxygen atoms in total. The van der Waals surface area contributed by atoms with Crippen LogP contribution < -0.4 is 10.0 Å². The van der Waals surface area contributed by atoms with E-state index in [0.29, 0.717) is 12.6 Å². The third-order valence-corrected chi connectivity index (χ3v) is 4.39. The second-order valence-corrected chi connectivity index (χ2v) is 7.46. The van der Waals surface area contributed by atoms with Gasteiger partial charge in [0.1, 0.15) is 0 Å². The van der Waals surface area contributed by atoms with E-state index < -0.39 is 10.0 Å². The zero-order valence-corrected chi connectivity index (χ0v) is 13.0. The van der Waals surface area contributed by atoms with Gasteiger partial charge in [-0.15, -0.1) is 0 Å². The summed E-state index contributed by atoms with van der Waals surface area (Å²) in [6.45, 7) is 0.305. The Hall–Kier alpha value is -1.58. The predicted octanol–water partition coefficient (Wildman–Crippen LogP) is 2.23. The molecule has 0 radical (unpaired) electrons. The topological polar surface area (TPSA) is 82.0 Å². The van der Waals surface area contributed by atoms with Gasteiger partial charge < -0.3 is 5.32 Å². The average molecular weight is 307 g/mol. The van der Waals surface area contributed by atoms with Crippen molar-refractivity contribution in [3.63, 3.8) is 0 Å². The Morgan fingerprint density at radius 1 is 1.29 bits per heavy atom. The fraction of sp³-hybridized carbons (Fsp3) is 0.533. The first-order valence-corrected chi connectivity index (χ1v) is 9.05. The van der Waals surface area contributed by atoms with Crippen molar-refractivity contribution in [3.8, 4) is 6.07 Å². The van der Waals surface area contributed by atoms with E-state index in [0.717, 1.165) is 43.2 Å². The highest BCUT2D eigenvalue weighted by Gasteiger charge is 2.21. The van der Waals surface area contributed by atoms with E-state index in [-0.39, 0.29) is 5.92 Å². The molecular weight excluding hydrogens is 286 g/mol. The maximum absolute atomic E-state index is 11.0. The molecule has 0 spiro atoms. The number of anilines is 1. The van der Waals surface area contributed by atoms with E-state index in [1.165, 1.54) is 0 Å². The summed E-state index contributed by atoms with van der Waals surface area (Å²) in [4.78, 5) is 0.